The highest BCUT2D eigenvalue weighted by Gasteiger charge is 2.20. The maximum atomic E-state index is 6.23. The van der Waals surface area contributed by atoms with Crippen molar-refractivity contribution in [2.45, 2.75) is 0 Å². The van der Waals surface area contributed by atoms with E-state index in [0.717, 1.165) is 33.7 Å². The summed E-state index contributed by atoms with van der Waals surface area (Å²) >= 11 is 3.64. The molecule has 6 aromatic carbocycles. The number of nitrogens with zero attached hydrogens (tertiary/aromatic N) is 2. The van der Waals surface area contributed by atoms with Gasteiger partial charge in [-0.3, -0.25) is 0 Å². The predicted molar refractivity (Wildman–Crippen MR) is 180 cm³/mol. The summed E-state index contributed by atoms with van der Waals surface area (Å²) in [5, 5.41) is 5.00. The van der Waals surface area contributed by atoms with Gasteiger partial charge in [0.25, 0.3) is 0 Å². The molecule has 42 heavy (non-hydrogen) atoms. The minimum absolute atomic E-state index is 0.648. The summed E-state index contributed by atoms with van der Waals surface area (Å²) in [5.41, 5.74) is 6.07. The van der Waals surface area contributed by atoms with E-state index in [1.165, 1.54) is 40.3 Å². The number of thiophene rings is 2. The highest BCUT2D eigenvalue weighted by atomic mass is 32.1. The molecule has 198 valence electrons. The molecule has 0 atom stereocenters. The number of fused-ring (bicyclic) bond motifs is 7. The lowest BCUT2D eigenvalue weighted by Crippen LogP contribution is -2.10. The van der Waals surface area contributed by atoms with Crippen LogP contribution in [0, 0.1) is 0 Å². The molecule has 9 rings (SSSR count). The monoisotopic (exact) mass is 574 g/mol. The van der Waals surface area contributed by atoms with E-state index in [9.17, 15) is 0 Å². The molecular formula is C37H22N2OS2. The number of anilines is 3. The second-order valence-corrected chi connectivity index (χ2v) is 12.6. The van der Waals surface area contributed by atoms with E-state index in [0.29, 0.717) is 5.89 Å². The van der Waals surface area contributed by atoms with Gasteiger partial charge >= 0.3 is 0 Å². The van der Waals surface area contributed by atoms with E-state index in [2.05, 4.69) is 108 Å². The summed E-state index contributed by atoms with van der Waals surface area (Å²) in [6.45, 7) is 0. The molecule has 0 N–H and O–H groups in total. The van der Waals surface area contributed by atoms with Crippen molar-refractivity contribution in [3.63, 3.8) is 0 Å². The first-order valence-electron chi connectivity index (χ1n) is 13.9. The molecule has 0 aliphatic rings. The van der Waals surface area contributed by atoms with E-state index < -0.39 is 0 Å². The van der Waals surface area contributed by atoms with Crippen LogP contribution in [0.4, 0.5) is 17.1 Å². The molecule has 0 radical (unpaired) electrons. The lowest BCUT2D eigenvalue weighted by molar-refractivity contribution is 0.620. The lowest BCUT2D eigenvalue weighted by Gasteiger charge is -2.26. The molecule has 0 aliphatic heterocycles. The molecule has 0 saturated heterocycles. The second kappa shape index (κ2) is 9.28. The van der Waals surface area contributed by atoms with Crippen LogP contribution >= 0.6 is 22.7 Å². The molecule has 3 aromatic heterocycles. The maximum absolute atomic E-state index is 6.23. The third kappa shape index (κ3) is 3.68. The third-order valence-electron chi connectivity index (χ3n) is 7.88. The molecule has 0 unspecified atom stereocenters. The standard InChI is InChI=1S/C37H22N2OS2/c1-3-10-23(11-4-1)37-38-29-21-28-35(22-31(29)40-37)42-34-17-9-15-30(36(28)34)39(24-12-5-2-6-13-24)25-18-19-33-27(20-25)26-14-7-8-16-32(26)41-33/h1-22H. The Balaban J connectivity index is 1.29. The van der Waals surface area contributed by atoms with E-state index in [1.54, 1.807) is 11.3 Å². The van der Waals surface area contributed by atoms with Crippen LogP contribution in [-0.2, 0) is 0 Å². The van der Waals surface area contributed by atoms with Crippen LogP contribution in [-0.4, -0.2) is 4.98 Å². The summed E-state index contributed by atoms with van der Waals surface area (Å²) in [7, 11) is 0. The molecule has 0 amide bonds. The van der Waals surface area contributed by atoms with E-state index in [1.807, 2.05) is 41.7 Å². The highest BCUT2D eigenvalue weighted by molar-refractivity contribution is 7.26. The molecular weight excluding hydrogens is 553 g/mol. The van der Waals surface area contributed by atoms with Gasteiger partial charge in [0.15, 0.2) is 5.58 Å². The van der Waals surface area contributed by atoms with E-state index in [4.69, 9.17) is 9.40 Å². The summed E-state index contributed by atoms with van der Waals surface area (Å²) < 4.78 is 11.3. The van der Waals surface area contributed by atoms with Gasteiger partial charge in [0.2, 0.25) is 5.89 Å². The van der Waals surface area contributed by atoms with Gasteiger partial charge in [-0.2, -0.15) is 0 Å². The Kier molecular flexibility index (Phi) is 5.24. The molecule has 0 saturated carbocycles. The van der Waals surface area contributed by atoms with Gasteiger partial charge in [-0.1, -0.05) is 60.7 Å². The zero-order valence-corrected chi connectivity index (χ0v) is 24.0. The largest absolute Gasteiger partial charge is 0.436 e. The Morgan fingerprint density at radius 1 is 0.524 bits per heavy atom. The Labute approximate surface area is 249 Å². The number of hydrogen-bond acceptors (Lipinski definition) is 5. The first-order valence-corrected chi connectivity index (χ1v) is 15.5. The minimum atomic E-state index is 0.648. The number of aromatic nitrogens is 1. The van der Waals surface area contributed by atoms with E-state index >= 15 is 0 Å². The quantitative estimate of drug-likeness (QED) is 0.209. The summed E-state index contributed by atoms with van der Waals surface area (Å²) in [6, 6.07) is 47.3. The number of hydrogen-bond donors (Lipinski definition) is 0. The van der Waals surface area contributed by atoms with Gasteiger partial charge in [0, 0.05) is 63.3 Å². The SMILES string of the molecule is c1ccc(-c2nc3cc4c(cc3o2)sc2cccc(N(c3ccccc3)c3ccc5sc6ccccc6c5c3)c24)cc1. The smallest absolute Gasteiger partial charge is 0.227 e. The fraction of sp³-hybridized carbons (Fsp3) is 0. The van der Waals surface area contributed by atoms with Gasteiger partial charge in [-0.05, 0) is 66.7 Å². The molecule has 3 nitrogen and oxygen atoms in total. The van der Waals surface area contributed by atoms with Crippen molar-refractivity contribution in [2.75, 3.05) is 4.90 Å². The third-order valence-corrected chi connectivity index (χ3v) is 10.1. The van der Waals surface area contributed by atoms with E-state index in [-0.39, 0.29) is 0 Å². The Morgan fingerprint density at radius 3 is 2.14 bits per heavy atom. The maximum Gasteiger partial charge on any atom is 0.227 e. The molecule has 9 aromatic rings. The Morgan fingerprint density at radius 2 is 1.26 bits per heavy atom. The van der Waals surface area contributed by atoms with Crippen molar-refractivity contribution >= 4 is 91.2 Å². The van der Waals surface area contributed by atoms with Crippen molar-refractivity contribution < 1.29 is 4.42 Å². The van der Waals surface area contributed by atoms with Crippen LogP contribution < -0.4 is 4.90 Å². The average molecular weight is 575 g/mol. The molecule has 0 fully saturated rings. The van der Waals surface area contributed by atoms with Gasteiger partial charge in [0.1, 0.15) is 5.52 Å². The minimum Gasteiger partial charge on any atom is -0.436 e. The van der Waals surface area contributed by atoms with Crippen molar-refractivity contribution in [1.82, 2.24) is 4.98 Å². The molecule has 3 heterocycles. The van der Waals surface area contributed by atoms with Gasteiger partial charge in [0.05, 0.1) is 5.69 Å². The van der Waals surface area contributed by atoms with Crippen LogP contribution in [0.15, 0.2) is 138 Å². The van der Waals surface area contributed by atoms with Crippen molar-refractivity contribution in [3.8, 4) is 11.5 Å². The van der Waals surface area contributed by atoms with Crippen molar-refractivity contribution in [3.05, 3.63) is 133 Å². The number of para-hydroxylation sites is 1. The second-order valence-electron chi connectivity index (χ2n) is 10.4. The first kappa shape index (κ1) is 23.7. The topological polar surface area (TPSA) is 29.3 Å². The van der Waals surface area contributed by atoms with Gasteiger partial charge < -0.3 is 9.32 Å². The van der Waals surface area contributed by atoms with Gasteiger partial charge in [-0.15, -0.1) is 22.7 Å². The van der Waals surface area contributed by atoms with Crippen molar-refractivity contribution in [2.24, 2.45) is 0 Å². The summed E-state index contributed by atoms with van der Waals surface area (Å²) in [4.78, 5) is 7.28. The average Bonchev–Trinajstić information content (AvgIpc) is 3.74. The molecule has 0 spiro atoms. The number of benzene rings is 6. The zero-order chi connectivity index (χ0) is 27.6. The zero-order valence-electron chi connectivity index (χ0n) is 22.3. The first-order chi connectivity index (χ1) is 20.8. The molecule has 5 heteroatoms. The van der Waals surface area contributed by atoms with Gasteiger partial charge in [-0.25, -0.2) is 4.98 Å². The van der Waals surface area contributed by atoms with Crippen LogP contribution in [0.2, 0.25) is 0 Å². The van der Waals surface area contributed by atoms with Crippen molar-refractivity contribution in [1.29, 1.82) is 0 Å². The fourth-order valence-electron chi connectivity index (χ4n) is 5.98. The van der Waals surface area contributed by atoms with Crippen LogP contribution in [0.1, 0.15) is 0 Å². The molecule has 0 bridgehead atoms. The summed E-state index contributed by atoms with van der Waals surface area (Å²) in [5.74, 6) is 0.648. The number of rotatable bonds is 4. The number of oxazole rings is 1. The Hall–Kier alpha value is -4.97. The van der Waals surface area contributed by atoms with Crippen LogP contribution in [0.25, 0.3) is 62.9 Å². The van der Waals surface area contributed by atoms with Crippen LogP contribution in [0.5, 0.6) is 0 Å². The van der Waals surface area contributed by atoms with Crippen LogP contribution in [0.3, 0.4) is 0 Å². The highest BCUT2D eigenvalue weighted by Crippen LogP contribution is 2.47. The normalized spacial score (nSPS) is 11.8. The summed E-state index contributed by atoms with van der Waals surface area (Å²) in [6.07, 6.45) is 0. The Bertz CT molecular complexity index is 2420. The fourth-order valence-corrected chi connectivity index (χ4v) is 8.20. The molecule has 0 aliphatic carbocycles. The lowest BCUT2D eigenvalue weighted by atomic mass is 10.1. The predicted octanol–water partition coefficient (Wildman–Crippen LogP) is 11.7.